The first-order chi connectivity index (χ1) is 25.7. The monoisotopic (exact) mass is 716 g/mol. The van der Waals surface area contributed by atoms with E-state index >= 15 is 0 Å². The smallest absolute Gasteiger partial charge is 0.504 e. The van der Waals surface area contributed by atoms with E-state index in [2.05, 4.69) is 15.2 Å². The zero-order chi connectivity index (χ0) is 36.3. The lowest BCUT2D eigenvalue weighted by atomic mass is 9.48. The van der Waals surface area contributed by atoms with Gasteiger partial charge in [-0.05, 0) is 111 Å². The Balaban J connectivity index is 0.884. The fourth-order valence-corrected chi connectivity index (χ4v) is 9.82. The zero-order valence-electron chi connectivity index (χ0n) is 29.5. The quantitative estimate of drug-likeness (QED) is 0.161. The second-order valence-corrected chi connectivity index (χ2v) is 15.5. The molecule has 2 aromatic carbocycles. The molecule has 2 bridgehead atoms. The number of nitrogens with zero attached hydrogens (tertiary/aromatic N) is 3. The molecule has 11 heteroatoms. The number of carbonyl (C=O) groups excluding carboxylic acids is 1. The van der Waals surface area contributed by atoms with Crippen LogP contribution in [0.2, 0.25) is 0 Å². The predicted molar refractivity (Wildman–Crippen MR) is 202 cm³/mol. The first kappa shape index (κ1) is 34.1. The molecule has 4 heterocycles. The largest absolute Gasteiger partial charge is 0.677 e. The number of hydrogen-bond donors (Lipinski definition) is 3. The van der Waals surface area contributed by atoms with Crippen LogP contribution in [0.1, 0.15) is 66.6 Å². The van der Waals surface area contributed by atoms with Crippen LogP contribution < -0.4 is 10.1 Å². The molecule has 3 N–H and O–H groups in total. The molecule has 1 amide bonds. The number of aryl methyl sites for hydroxylation is 1. The normalized spacial score (nSPS) is 29.2. The van der Waals surface area contributed by atoms with E-state index in [1.807, 2.05) is 66.8 Å². The summed E-state index contributed by atoms with van der Waals surface area (Å²) in [5.41, 5.74) is 3.26. The minimum Gasteiger partial charge on any atom is -0.504 e. The van der Waals surface area contributed by atoms with Crippen molar-refractivity contribution in [1.82, 2.24) is 14.7 Å². The van der Waals surface area contributed by atoms with Gasteiger partial charge in [-0.2, -0.15) is 0 Å². The van der Waals surface area contributed by atoms with E-state index in [1.54, 1.807) is 30.4 Å². The first-order valence-electron chi connectivity index (χ1n) is 18.9. The number of phenols is 1. The van der Waals surface area contributed by atoms with E-state index in [0.717, 1.165) is 40.0 Å². The van der Waals surface area contributed by atoms with E-state index < -0.39 is 30.6 Å². The van der Waals surface area contributed by atoms with E-state index in [0.29, 0.717) is 54.4 Å². The third kappa shape index (κ3) is 5.89. The van der Waals surface area contributed by atoms with Crippen molar-refractivity contribution in [3.8, 4) is 11.5 Å². The van der Waals surface area contributed by atoms with Crippen LogP contribution >= 0.6 is 0 Å². The lowest BCUT2D eigenvalue weighted by Crippen LogP contribution is -2.78. The molecule has 1 aromatic heterocycles. The van der Waals surface area contributed by atoms with Crippen LogP contribution in [0.25, 0.3) is 12.2 Å². The van der Waals surface area contributed by atoms with Gasteiger partial charge in [0.2, 0.25) is 5.91 Å². The van der Waals surface area contributed by atoms with Crippen LogP contribution in [0, 0.1) is 5.92 Å². The molecule has 2 unspecified atom stereocenters. The Morgan fingerprint density at radius 1 is 1.04 bits per heavy atom. The maximum atomic E-state index is 14.5. The topological polar surface area (TPSA) is 99.3 Å². The number of ether oxygens (including phenoxy) is 1. The van der Waals surface area contributed by atoms with Crippen molar-refractivity contribution in [3.63, 3.8) is 0 Å². The molecule has 2 saturated carbocycles. The molecule has 3 aliphatic carbocycles. The van der Waals surface area contributed by atoms with Gasteiger partial charge in [-0.3, -0.25) is 18.3 Å². The summed E-state index contributed by atoms with van der Waals surface area (Å²) in [6.45, 7) is 1.82. The molecule has 0 radical (unpaired) electrons. The number of rotatable bonds is 11. The average molecular weight is 717 g/mol. The number of halogens is 2. The van der Waals surface area contributed by atoms with Gasteiger partial charge in [-0.15, -0.1) is 0 Å². The number of allylic oxidation sites excluding steroid dienone is 5. The lowest BCUT2D eigenvalue weighted by Gasteiger charge is -2.64. The molecule has 272 valence electrons. The van der Waals surface area contributed by atoms with Gasteiger partial charge in [0.15, 0.2) is 11.5 Å². The summed E-state index contributed by atoms with van der Waals surface area (Å²) < 4.78 is 36.4. The third-order valence-electron chi connectivity index (χ3n) is 12.4. The number of aromatic nitrogens is 1. The van der Waals surface area contributed by atoms with Crippen molar-refractivity contribution in [2.45, 2.75) is 80.6 Å². The number of benzene rings is 2. The zero-order valence-corrected chi connectivity index (χ0v) is 29.5. The number of aliphatic hydroxyl groups is 1. The Bertz CT molecular complexity index is 2090. The van der Waals surface area contributed by atoms with Crippen LogP contribution in [-0.4, -0.2) is 75.5 Å². The highest BCUT2D eigenvalue weighted by atomic mass is 19.2. The molecule has 53 heavy (non-hydrogen) atoms. The Morgan fingerprint density at radius 2 is 1.87 bits per heavy atom. The van der Waals surface area contributed by atoms with Gasteiger partial charge >= 0.3 is 7.40 Å². The molecule has 1 saturated heterocycles. The number of carbonyl (C=O) groups is 1. The van der Waals surface area contributed by atoms with Crippen molar-refractivity contribution in [3.05, 3.63) is 119 Å². The highest BCUT2D eigenvalue weighted by Crippen LogP contribution is 2.65. The number of nitrogens with one attached hydrogen (secondary N) is 1. The highest BCUT2D eigenvalue weighted by molar-refractivity contribution is 6.41. The fourth-order valence-electron chi connectivity index (χ4n) is 9.82. The van der Waals surface area contributed by atoms with Gasteiger partial charge < -0.3 is 24.7 Å². The molecular formula is C42H43BF2N4O4. The first-order valence-corrected chi connectivity index (χ1v) is 18.9. The van der Waals surface area contributed by atoms with Gasteiger partial charge in [-0.25, -0.2) is 4.99 Å². The summed E-state index contributed by atoms with van der Waals surface area (Å²) in [7, 11) is -2.79. The summed E-state index contributed by atoms with van der Waals surface area (Å²) in [5.74, 6) is 0.917. The molecule has 1 spiro atoms. The number of amides is 1. The van der Waals surface area contributed by atoms with Gasteiger partial charge in [0.1, 0.15) is 6.10 Å². The number of hydrogen-bond acceptors (Lipinski definition) is 6. The van der Waals surface area contributed by atoms with Gasteiger partial charge in [0, 0.05) is 36.0 Å². The maximum absolute atomic E-state index is 14.5. The average Bonchev–Trinajstić information content (AvgIpc) is 3.52. The Labute approximate surface area is 308 Å². The molecule has 8 nitrogen and oxygen atoms in total. The van der Waals surface area contributed by atoms with Crippen molar-refractivity contribution in [1.29, 1.82) is 0 Å². The number of aliphatic imine (C=N–C) groups is 1. The number of aromatic hydroxyl groups is 1. The van der Waals surface area contributed by atoms with E-state index in [1.165, 1.54) is 12.8 Å². The molecule has 9 rings (SSSR count). The molecule has 3 fully saturated rings. The molecule has 5 atom stereocenters. The van der Waals surface area contributed by atoms with Crippen LogP contribution in [0.3, 0.4) is 0 Å². The molecule has 3 aliphatic heterocycles. The van der Waals surface area contributed by atoms with Crippen molar-refractivity contribution >= 4 is 31.2 Å². The SMILES string of the molecule is O=C(CCc1ccc(/C=C2/C=CC(/C=C/C=C/c3ccccc3)=N2)n1B(F)F)NC1CCC2(O)[C@H]3Cc4ccc(O)c5c4[C@@]2(CCN3CC2CC2)[C@H]1O5. The summed E-state index contributed by atoms with van der Waals surface area (Å²) in [4.78, 5) is 20.6. The predicted octanol–water partition coefficient (Wildman–Crippen LogP) is 6.27. The number of phenolic OH excluding ortho intramolecular Hbond substituents is 1. The molecular weight excluding hydrogens is 673 g/mol. The molecule has 6 aliphatic rings. The Morgan fingerprint density at radius 3 is 2.68 bits per heavy atom. The summed E-state index contributed by atoms with van der Waals surface area (Å²) in [5, 5.41) is 26.8. The van der Waals surface area contributed by atoms with Crippen LogP contribution in [0.15, 0.2) is 95.7 Å². The second kappa shape index (κ2) is 13.3. The summed E-state index contributed by atoms with van der Waals surface area (Å²) in [6, 6.07) is 16.4. The lowest BCUT2D eigenvalue weighted by molar-refractivity contribution is -0.192. The number of piperidine rings is 1. The summed E-state index contributed by atoms with van der Waals surface area (Å²) >= 11 is 0. The van der Waals surface area contributed by atoms with Crippen molar-refractivity contribution < 1.29 is 28.4 Å². The Hall–Kier alpha value is -4.74. The minimum absolute atomic E-state index is 0.0119. The standard InChI is InChI=1S/C42H43BF2N4O4/c44-43(45)49-32(15-16-33(49)25-31-14-13-30(46-31)9-5-4-8-27-6-2-1-3-7-27)17-19-37(51)47-34-20-21-42(52)36-24-29-12-18-35(50)39-38(29)41(42,40(34)53-39)22-23-48(36)26-28-10-11-28/h1-9,12-16,18,25,28,34,36,40,50,52H,10-11,17,19-24,26H2,(H,47,51)/b8-4+,9-5+,31-25-/t34?,36-,40+,41+,42?/m1/s1. The van der Waals surface area contributed by atoms with Crippen LogP contribution in [-0.2, 0) is 23.1 Å². The van der Waals surface area contributed by atoms with Gasteiger partial charge in [0.25, 0.3) is 0 Å². The number of likely N-dealkylation sites (tertiary alicyclic amines) is 1. The molecule has 3 aromatic rings. The minimum atomic E-state index is -2.79. The third-order valence-corrected chi connectivity index (χ3v) is 12.4. The van der Waals surface area contributed by atoms with Crippen LogP contribution in [0.4, 0.5) is 8.63 Å². The Kier molecular flexibility index (Phi) is 8.54. The van der Waals surface area contributed by atoms with Crippen LogP contribution in [0.5, 0.6) is 11.5 Å². The van der Waals surface area contributed by atoms with Crippen molar-refractivity contribution in [2.24, 2.45) is 10.9 Å². The maximum Gasteiger partial charge on any atom is 0.677 e. The fraction of sp³-hybridized carbons (Fsp3) is 0.381. The van der Waals surface area contributed by atoms with E-state index in [-0.39, 0.29) is 30.5 Å². The second-order valence-electron chi connectivity index (χ2n) is 15.5. The van der Waals surface area contributed by atoms with Gasteiger partial charge in [0.05, 0.1) is 28.5 Å². The van der Waals surface area contributed by atoms with Gasteiger partial charge in [-0.1, -0.05) is 54.6 Å². The summed E-state index contributed by atoms with van der Waals surface area (Å²) in [6.07, 6.45) is 17.4. The van der Waals surface area contributed by atoms with Crippen molar-refractivity contribution in [2.75, 3.05) is 13.1 Å². The van der Waals surface area contributed by atoms with E-state index in [4.69, 9.17) is 4.74 Å². The van der Waals surface area contributed by atoms with E-state index in [9.17, 15) is 23.6 Å². The highest BCUT2D eigenvalue weighted by Gasteiger charge is 2.73.